The van der Waals surface area contributed by atoms with E-state index >= 15 is 0 Å². The zero-order valence-electron chi connectivity index (χ0n) is 12.9. The molecule has 0 amide bonds. The Morgan fingerprint density at radius 3 is 2.35 bits per heavy atom. The molecule has 0 saturated heterocycles. The second-order valence-corrected chi connectivity index (χ2v) is 6.49. The van der Waals surface area contributed by atoms with Crippen molar-refractivity contribution in [3.05, 3.63) is 59.2 Å². The third-order valence-electron chi connectivity index (χ3n) is 5.09. The number of fused-ring (bicyclic) bond motifs is 5. The molecule has 118 valence electrons. The van der Waals surface area contributed by atoms with Gasteiger partial charge in [0.15, 0.2) is 0 Å². The molecule has 4 rings (SSSR count). The molecule has 3 aromatic carbocycles. The topological polar surface area (TPSA) is 0 Å². The Morgan fingerprint density at radius 1 is 0.913 bits per heavy atom. The molecule has 0 N–H and O–H groups in total. The number of alkyl halides is 3. The van der Waals surface area contributed by atoms with Crippen LogP contribution in [0.1, 0.15) is 42.4 Å². The summed E-state index contributed by atoms with van der Waals surface area (Å²) < 4.78 is 40.7. The van der Waals surface area contributed by atoms with Crippen molar-refractivity contribution in [1.82, 2.24) is 0 Å². The van der Waals surface area contributed by atoms with E-state index in [2.05, 4.69) is 13.0 Å². The minimum absolute atomic E-state index is 0.288. The lowest BCUT2D eigenvalue weighted by atomic mass is 9.80. The van der Waals surface area contributed by atoms with Crippen molar-refractivity contribution in [2.75, 3.05) is 0 Å². The summed E-state index contributed by atoms with van der Waals surface area (Å²) in [6.45, 7) is 2.16. The number of hydrogen-bond acceptors (Lipinski definition) is 0. The maximum Gasteiger partial charge on any atom is 0.417 e. The Morgan fingerprint density at radius 2 is 1.61 bits per heavy atom. The van der Waals surface area contributed by atoms with Gasteiger partial charge in [0, 0.05) is 0 Å². The van der Waals surface area contributed by atoms with Crippen LogP contribution in [0.15, 0.2) is 42.5 Å². The smallest absolute Gasteiger partial charge is 0.166 e. The first-order chi connectivity index (χ1) is 11.0. The molecule has 0 nitrogen and oxygen atoms in total. The van der Waals surface area contributed by atoms with Crippen LogP contribution in [0, 0.1) is 0 Å². The van der Waals surface area contributed by atoms with Crippen LogP contribution in [-0.4, -0.2) is 0 Å². The van der Waals surface area contributed by atoms with Crippen LogP contribution >= 0.6 is 0 Å². The van der Waals surface area contributed by atoms with Gasteiger partial charge < -0.3 is 0 Å². The summed E-state index contributed by atoms with van der Waals surface area (Å²) in [5.41, 5.74) is 1.80. The average molecular weight is 314 g/mol. The second kappa shape index (κ2) is 4.98. The fourth-order valence-electron chi connectivity index (χ4n) is 3.97. The van der Waals surface area contributed by atoms with Crippen molar-refractivity contribution >= 4 is 21.5 Å². The number of aryl methyl sites for hydroxylation is 1. The van der Waals surface area contributed by atoms with Gasteiger partial charge in [-0.3, -0.25) is 0 Å². The van der Waals surface area contributed by atoms with Gasteiger partial charge in [0.25, 0.3) is 0 Å². The highest BCUT2D eigenvalue weighted by molar-refractivity contribution is 6.10. The summed E-state index contributed by atoms with van der Waals surface area (Å²) in [6.07, 6.45) is -1.32. The SMILES string of the molecule is CC1CCCc2c1ccc1c2cc(C(F)(F)F)c2ccccc21. The molecular formula is C20H17F3. The van der Waals surface area contributed by atoms with Gasteiger partial charge in [0.05, 0.1) is 5.56 Å². The summed E-state index contributed by atoms with van der Waals surface area (Å²) in [5, 5.41) is 2.69. The van der Waals surface area contributed by atoms with Crippen molar-refractivity contribution in [2.45, 2.75) is 38.3 Å². The highest BCUT2D eigenvalue weighted by atomic mass is 19.4. The highest BCUT2D eigenvalue weighted by Crippen LogP contribution is 2.42. The van der Waals surface area contributed by atoms with Crippen LogP contribution < -0.4 is 0 Å². The van der Waals surface area contributed by atoms with E-state index in [-0.39, 0.29) is 5.39 Å². The molecule has 1 unspecified atom stereocenters. The van der Waals surface area contributed by atoms with Gasteiger partial charge in [-0.05, 0) is 63.9 Å². The predicted molar refractivity (Wildman–Crippen MR) is 87.8 cm³/mol. The lowest BCUT2D eigenvalue weighted by Crippen LogP contribution is -2.10. The molecule has 0 aliphatic heterocycles. The lowest BCUT2D eigenvalue weighted by Gasteiger charge is -2.25. The molecule has 1 aliphatic rings. The van der Waals surface area contributed by atoms with E-state index < -0.39 is 11.7 Å². The molecule has 1 aliphatic carbocycles. The van der Waals surface area contributed by atoms with Crippen LogP contribution in [0.4, 0.5) is 13.2 Å². The maximum absolute atomic E-state index is 13.6. The van der Waals surface area contributed by atoms with E-state index in [1.165, 1.54) is 11.6 Å². The second-order valence-electron chi connectivity index (χ2n) is 6.49. The first-order valence-electron chi connectivity index (χ1n) is 8.01. The maximum atomic E-state index is 13.6. The first kappa shape index (κ1) is 14.6. The van der Waals surface area contributed by atoms with E-state index in [0.717, 1.165) is 35.6 Å². The molecule has 3 heteroatoms. The predicted octanol–water partition coefficient (Wildman–Crippen LogP) is 6.45. The first-order valence-corrected chi connectivity index (χ1v) is 8.01. The normalized spacial score (nSPS) is 18.3. The number of halogens is 3. The van der Waals surface area contributed by atoms with Gasteiger partial charge in [-0.2, -0.15) is 13.2 Å². The largest absolute Gasteiger partial charge is 0.417 e. The lowest BCUT2D eigenvalue weighted by molar-refractivity contribution is -0.136. The van der Waals surface area contributed by atoms with Crippen molar-refractivity contribution in [2.24, 2.45) is 0 Å². The minimum atomic E-state index is -4.34. The summed E-state index contributed by atoms with van der Waals surface area (Å²) in [7, 11) is 0. The number of benzene rings is 3. The Balaban J connectivity index is 2.17. The molecule has 23 heavy (non-hydrogen) atoms. The van der Waals surface area contributed by atoms with Crippen LogP contribution in [0.2, 0.25) is 0 Å². The summed E-state index contributed by atoms with van der Waals surface area (Å²) in [5.74, 6) is 0.420. The average Bonchev–Trinajstić information content (AvgIpc) is 2.53. The third-order valence-corrected chi connectivity index (χ3v) is 5.09. The molecule has 0 saturated carbocycles. The zero-order chi connectivity index (χ0) is 16.2. The fourth-order valence-corrected chi connectivity index (χ4v) is 3.97. The summed E-state index contributed by atoms with van der Waals surface area (Å²) >= 11 is 0. The molecule has 0 heterocycles. The Hall–Kier alpha value is -2.03. The van der Waals surface area contributed by atoms with Gasteiger partial charge in [-0.25, -0.2) is 0 Å². The van der Waals surface area contributed by atoms with Crippen LogP contribution in [0.25, 0.3) is 21.5 Å². The molecule has 0 radical (unpaired) electrons. The van der Waals surface area contributed by atoms with Gasteiger partial charge in [-0.15, -0.1) is 0 Å². The summed E-state index contributed by atoms with van der Waals surface area (Å²) in [4.78, 5) is 0. The molecular weight excluding hydrogens is 297 g/mol. The standard InChI is InChI=1S/C20H17F3/c1-12-5-4-8-14-13(12)9-10-16-15-6-2-3-7-17(15)19(11-18(14)16)20(21,22)23/h2-3,6-7,9-12H,4-5,8H2,1H3. The quantitative estimate of drug-likeness (QED) is 0.418. The molecule has 0 spiro atoms. The van der Waals surface area contributed by atoms with E-state index in [1.54, 1.807) is 18.2 Å². The minimum Gasteiger partial charge on any atom is -0.166 e. The highest BCUT2D eigenvalue weighted by Gasteiger charge is 2.33. The third kappa shape index (κ3) is 2.21. The van der Waals surface area contributed by atoms with E-state index in [9.17, 15) is 13.2 Å². The van der Waals surface area contributed by atoms with Gasteiger partial charge in [-0.1, -0.05) is 43.3 Å². The Labute approximate surface area is 132 Å². The van der Waals surface area contributed by atoms with Crippen molar-refractivity contribution < 1.29 is 13.2 Å². The van der Waals surface area contributed by atoms with Gasteiger partial charge in [0.1, 0.15) is 0 Å². The van der Waals surface area contributed by atoms with E-state index in [1.807, 2.05) is 12.1 Å². The van der Waals surface area contributed by atoms with Crippen LogP contribution in [-0.2, 0) is 12.6 Å². The molecule has 0 fully saturated rings. The monoisotopic (exact) mass is 314 g/mol. The number of rotatable bonds is 0. The van der Waals surface area contributed by atoms with Crippen molar-refractivity contribution in [3.8, 4) is 0 Å². The Bertz CT molecular complexity index is 906. The zero-order valence-corrected chi connectivity index (χ0v) is 12.9. The summed E-state index contributed by atoms with van der Waals surface area (Å²) in [6, 6.07) is 12.3. The van der Waals surface area contributed by atoms with Gasteiger partial charge >= 0.3 is 6.18 Å². The molecule has 0 aromatic heterocycles. The van der Waals surface area contributed by atoms with Crippen molar-refractivity contribution in [3.63, 3.8) is 0 Å². The van der Waals surface area contributed by atoms with Crippen LogP contribution in [0.5, 0.6) is 0 Å². The Kier molecular flexibility index (Phi) is 3.15. The number of hydrogen-bond donors (Lipinski definition) is 0. The van der Waals surface area contributed by atoms with E-state index in [4.69, 9.17) is 0 Å². The van der Waals surface area contributed by atoms with Crippen LogP contribution in [0.3, 0.4) is 0 Å². The van der Waals surface area contributed by atoms with Crippen molar-refractivity contribution in [1.29, 1.82) is 0 Å². The molecule has 0 bridgehead atoms. The molecule has 3 aromatic rings. The fraction of sp³-hybridized carbons (Fsp3) is 0.300. The molecule has 1 atom stereocenters. The van der Waals surface area contributed by atoms with E-state index in [0.29, 0.717) is 11.3 Å². The van der Waals surface area contributed by atoms with Gasteiger partial charge in [0.2, 0.25) is 0 Å².